The van der Waals surface area contributed by atoms with E-state index in [0.29, 0.717) is 28.9 Å². The van der Waals surface area contributed by atoms with Crippen molar-refractivity contribution in [3.05, 3.63) is 37.6 Å². The van der Waals surface area contributed by atoms with E-state index < -0.39 is 0 Å². The molecular formula is C15H17IO3. The minimum Gasteiger partial charge on any atom is -0.462 e. The summed E-state index contributed by atoms with van der Waals surface area (Å²) in [6.45, 7) is 5.89. The van der Waals surface area contributed by atoms with Crippen molar-refractivity contribution >= 4 is 33.6 Å². The zero-order valence-corrected chi connectivity index (χ0v) is 13.5. The lowest BCUT2D eigenvalue weighted by Gasteiger charge is -2.13. The van der Waals surface area contributed by atoms with Crippen LogP contribution < -0.4 is 10.2 Å². The van der Waals surface area contributed by atoms with Gasteiger partial charge in [0.15, 0.2) is 5.43 Å². The maximum Gasteiger partial charge on any atom is 0.292 e. The lowest BCUT2D eigenvalue weighted by molar-refractivity contribution is 0.185. The van der Waals surface area contributed by atoms with E-state index in [1.54, 1.807) is 0 Å². The molecule has 0 bridgehead atoms. The van der Waals surface area contributed by atoms with Crippen molar-refractivity contribution < 1.29 is 9.15 Å². The standard InChI is InChI=1S/C15H17IO3/c1-4-5-11-14(17)12-8-10(16)6-7-13(12)19-15(11)18-9(2)3/h6-9H,4-5H2,1-3H3. The van der Waals surface area contributed by atoms with Crippen molar-refractivity contribution in [3.8, 4) is 5.95 Å². The number of ether oxygens (including phenoxy) is 1. The van der Waals surface area contributed by atoms with Crippen LogP contribution >= 0.6 is 22.6 Å². The van der Waals surface area contributed by atoms with Crippen LogP contribution in [-0.4, -0.2) is 6.10 Å². The van der Waals surface area contributed by atoms with E-state index in [0.717, 1.165) is 9.99 Å². The number of fused-ring (bicyclic) bond motifs is 1. The monoisotopic (exact) mass is 372 g/mol. The lowest BCUT2D eigenvalue weighted by Crippen LogP contribution is -2.15. The Kier molecular flexibility index (Phi) is 4.50. The van der Waals surface area contributed by atoms with Crippen LogP contribution in [-0.2, 0) is 6.42 Å². The van der Waals surface area contributed by atoms with Gasteiger partial charge in [-0.15, -0.1) is 0 Å². The fraction of sp³-hybridized carbons (Fsp3) is 0.400. The van der Waals surface area contributed by atoms with E-state index in [2.05, 4.69) is 22.6 Å². The third kappa shape index (κ3) is 3.11. The van der Waals surface area contributed by atoms with E-state index in [9.17, 15) is 4.79 Å². The highest BCUT2D eigenvalue weighted by Gasteiger charge is 2.16. The van der Waals surface area contributed by atoms with Crippen molar-refractivity contribution in [2.45, 2.75) is 39.7 Å². The van der Waals surface area contributed by atoms with Crippen molar-refractivity contribution in [2.24, 2.45) is 0 Å². The van der Waals surface area contributed by atoms with Gasteiger partial charge in [-0.1, -0.05) is 13.3 Å². The smallest absolute Gasteiger partial charge is 0.292 e. The first-order valence-corrected chi connectivity index (χ1v) is 7.52. The SMILES string of the molecule is CCCc1c(OC(C)C)oc2ccc(I)cc2c1=O. The van der Waals surface area contributed by atoms with Crippen LogP contribution in [0.5, 0.6) is 5.95 Å². The molecule has 1 heterocycles. The Morgan fingerprint density at radius 1 is 1.37 bits per heavy atom. The average molecular weight is 372 g/mol. The molecule has 0 aliphatic carbocycles. The van der Waals surface area contributed by atoms with Gasteiger partial charge >= 0.3 is 0 Å². The Balaban J connectivity index is 2.70. The maximum absolute atomic E-state index is 12.5. The predicted molar refractivity (Wildman–Crippen MR) is 85.0 cm³/mol. The molecule has 0 saturated heterocycles. The molecule has 1 aromatic heterocycles. The first kappa shape index (κ1) is 14.4. The van der Waals surface area contributed by atoms with Crippen LogP contribution in [0.1, 0.15) is 32.8 Å². The van der Waals surface area contributed by atoms with Gasteiger partial charge in [0, 0.05) is 3.57 Å². The molecule has 0 atom stereocenters. The van der Waals surface area contributed by atoms with Crippen molar-refractivity contribution in [3.63, 3.8) is 0 Å². The molecule has 0 amide bonds. The highest BCUT2D eigenvalue weighted by molar-refractivity contribution is 14.1. The zero-order valence-electron chi connectivity index (χ0n) is 11.3. The summed E-state index contributed by atoms with van der Waals surface area (Å²) < 4.78 is 12.4. The summed E-state index contributed by atoms with van der Waals surface area (Å²) in [6, 6.07) is 5.60. The van der Waals surface area contributed by atoms with Gasteiger partial charge in [-0.3, -0.25) is 4.79 Å². The Hall–Kier alpha value is -1.04. The minimum atomic E-state index is -0.0138. The van der Waals surface area contributed by atoms with Gasteiger partial charge in [-0.05, 0) is 61.1 Å². The predicted octanol–water partition coefficient (Wildman–Crippen LogP) is 4.14. The fourth-order valence-electron chi connectivity index (χ4n) is 1.96. The fourth-order valence-corrected chi connectivity index (χ4v) is 2.45. The van der Waals surface area contributed by atoms with Crippen LogP contribution in [0.4, 0.5) is 0 Å². The topological polar surface area (TPSA) is 39.4 Å². The van der Waals surface area contributed by atoms with Gasteiger partial charge in [0.05, 0.1) is 17.1 Å². The van der Waals surface area contributed by atoms with E-state index in [-0.39, 0.29) is 11.5 Å². The molecule has 2 aromatic rings. The Morgan fingerprint density at radius 2 is 2.11 bits per heavy atom. The van der Waals surface area contributed by atoms with Gasteiger partial charge in [0.2, 0.25) is 0 Å². The van der Waals surface area contributed by atoms with Crippen LogP contribution in [0.15, 0.2) is 27.4 Å². The normalized spacial score (nSPS) is 11.2. The highest BCUT2D eigenvalue weighted by Crippen LogP contribution is 2.25. The van der Waals surface area contributed by atoms with E-state index >= 15 is 0 Å². The summed E-state index contributed by atoms with van der Waals surface area (Å²) in [5, 5.41) is 0.631. The maximum atomic E-state index is 12.5. The number of halogens is 1. The molecule has 1 aromatic carbocycles. The Labute approximate surface area is 126 Å². The summed E-state index contributed by atoms with van der Waals surface area (Å²) >= 11 is 2.19. The first-order valence-electron chi connectivity index (χ1n) is 6.44. The highest BCUT2D eigenvalue weighted by atomic mass is 127. The molecule has 19 heavy (non-hydrogen) atoms. The van der Waals surface area contributed by atoms with Crippen LogP contribution in [0.2, 0.25) is 0 Å². The molecule has 0 fully saturated rings. The van der Waals surface area contributed by atoms with E-state index in [1.807, 2.05) is 39.0 Å². The number of hydrogen-bond donors (Lipinski definition) is 0. The summed E-state index contributed by atoms with van der Waals surface area (Å²) in [5.41, 5.74) is 1.25. The molecule has 0 spiro atoms. The molecule has 0 radical (unpaired) electrons. The largest absolute Gasteiger partial charge is 0.462 e. The van der Waals surface area contributed by atoms with E-state index in [4.69, 9.17) is 9.15 Å². The van der Waals surface area contributed by atoms with E-state index in [1.165, 1.54) is 0 Å². The molecule has 0 saturated carbocycles. The Morgan fingerprint density at radius 3 is 2.74 bits per heavy atom. The number of benzene rings is 1. The molecular weight excluding hydrogens is 355 g/mol. The molecule has 3 nitrogen and oxygen atoms in total. The van der Waals surface area contributed by atoms with Gasteiger partial charge in [-0.2, -0.15) is 0 Å². The van der Waals surface area contributed by atoms with Gasteiger partial charge < -0.3 is 9.15 Å². The summed E-state index contributed by atoms with van der Waals surface area (Å²) in [5.74, 6) is 0.371. The lowest BCUT2D eigenvalue weighted by atomic mass is 10.1. The average Bonchev–Trinajstić information content (AvgIpc) is 2.34. The second-order valence-electron chi connectivity index (χ2n) is 4.75. The molecule has 0 N–H and O–H groups in total. The van der Waals surface area contributed by atoms with Gasteiger partial charge in [-0.25, -0.2) is 0 Å². The molecule has 0 aliphatic rings. The van der Waals surface area contributed by atoms with Crippen molar-refractivity contribution in [1.29, 1.82) is 0 Å². The molecule has 0 unspecified atom stereocenters. The molecule has 102 valence electrons. The molecule has 0 aliphatic heterocycles. The summed E-state index contributed by atoms with van der Waals surface area (Å²) in [7, 11) is 0. The van der Waals surface area contributed by atoms with Gasteiger partial charge in [0.1, 0.15) is 5.58 Å². The molecule has 2 rings (SSSR count). The van der Waals surface area contributed by atoms with Crippen LogP contribution in [0.3, 0.4) is 0 Å². The summed E-state index contributed by atoms with van der Waals surface area (Å²) in [6.07, 6.45) is 1.54. The first-order chi connectivity index (χ1) is 9.02. The minimum absolute atomic E-state index is 0.0138. The third-order valence-corrected chi connectivity index (χ3v) is 3.42. The van der Waals surface area contributed by atoms with Crippen molar-refractivity contribution in [1.82, 2.24) is 0 Å². The quantitative estimate of drug-likeness (QED) is 0.758. The van der Waals surface area contributed by atoms with Crippen LogP contribution in [0, 0.1) is 3.57 Å². The van der Waals surface area contributed by atoms with Gasteiger partial charge in [0.25, 0.3) is 5.95 Å². The second kappa shape index (κ2) is 5.94. The second-order valence-corrected chi connectivity index (χ2v) is 6.00. The third-order valence-electron chi connectivity index (χ3n) is 2.75. The van der Waals surface area contributed by atoms with Crippen LogP contribution in [0.25, 0.3) is 11.0 Å². The Bertz CT molecular complexity index is 644. The summed E-state index contributed by atoms with van der Waals surface area (Å²) in [4.78, 5) is 12.5. The van der Waals surface area contributed by atoms with Crippen molar-refractivity contribution in [2.75, 3.05) is 0 Å². The zero-order chi connectivity index (χ0) is 14.0. The number of hydrogen-bond acceptors (Lipinski definition) is 3. The molecule has 4 heteroatoms. The number of rotatable bonds is 4.